The van der Waals surface area contributed by atoms with Crippen molar-refractivity contribution in [3.8, 4) is 0 Å². The minimum Gasteiger partial charge on any atom is -0.355 e. The first-order chi connectivity index (χ1) is 10.7. The summed E-state index contributed by atoms with van der Waals surface area (Å²) in [6.45, 7) is 3.58. The molecule has 0 spiro atoms. The van der Waals surface area contributed by atoms with Crippen LogP contribution in [0.3, 0.4) is 0 Å². The zero-order valence-corrected chi connectivity index (χ0v) is 13.0. The molecule has 1 aromatic heterocycles. The van der Waals surface area contributed by atoms with E-state index < -0.39 is 6.04 Å². The highest BCUT2D eigenvalue weighted by Crippen LogP contribution is 2.02. The summed E-state index contributed by atoms with van der Waals surface area (Å²) in [6.07, 6.45) is 6.29. The number of aromatic nitrogens is 2. The molecule has 2 rings (SSSR count). The summed E-state index contributed by atoms with van der Waals surface area (Å²) >= 11 is 0. The third-order valence-electron chi connectivity index (χ3n) is 3.68. The summed E-state index contributed by atoms with van der Waals surface area (Å²) in [7, 11) is 0. The Kier molecular flexibility index (Phi) is 6.15. The van der Waals surface area contributed by atoms with Crippen molar-refractivity contribution in [2.24, 2.45) is 5.73 Å². The zero-order chi connectivity index (χ0) is 15.8. The van der Waals surface area contributed by atoms with Crippen LogP contribution in [0.2, 0.25) is 0 Å². The predicted octanol–water partition coefficient (Wildman–Crippen LogP) is 1.66. The number of nitrogens with zero attached hydrogens (tertiary/aromatic N) is 2. The Morgan fingerprint density at radius 1 is 1.32 bits per heavy atom. The molecule has 0 saturated heterocycles. The molecular weight excluding hydrogens is 276 g/mol. The topological polar surface area (TPSA) is 72.9 Å². The second-order valence-electron chi connectivity index (χ2n) is 5.46. The van der Waals surface area contributed by atoms with E-state index in [1.165, 1.54) is 0 Å². The molecule has 5 heteroatoms. The van der Waals surface area contributed by atoms with Crippen LogP contribution in [0.15, 0.2) is 42.7 Å². The Balaban J connectivity index is 1.62. The van der Waals surface area contributed by atoms with Gasteiger partial charge in [0.15, 0.2) is 0 Å². The average molecular weight is 300 g/mol. The van der Waals surface area contributed by atoms with Gasteiger partial charge in [-0.1, -0.05) is 30.3 Å². The fraction of sp³-hybridized carbons (Fsp3) is 0.412. The molecule has 0 radical (unpaired) electrons. The lowest BCUT2D eigenvalue weighted by atomic mass is 10.1. The SMILES string of the molecule is Cc1nccn1CCCCNC(=O)C(N)Cc1ccccc1. The van der Waals surface area contributed by atoms with Gasteiger partial charge in [-0.2, -0.15) is 0 Å². The van der Waals surface area contributed by atoms with E-state index in [0.29, 0.717) is 13.0 Å². The molecule has 1 amide bonds. The van der Waals surface area contributed by atoms with Gasteiger partial charge in [-0.25, -0.2) is 4.98 Å². The number of rotatable bonds is 8. The van der Waals surface area contributed by atoms with Crippen LogP contribution in [0.5, 0.6) is 0 Å². The number of carbonyl (C=O) groups excluding carboxylic acids is 1. The van der Waals surface area contributed by atoms with Crippen molar-refractivity contribution in [1.29, 1.82) is 0 Å². The van der Waals surface area contributed by atoms with Gasteiger partial charge in [0.2, 0.25) is 5.91 Å². The molecule has 0 saturated carbocycles. The van der Waals surface area contributed by atoms with Crippen LogP contribution in [0.1, 0.15) is 24.2 Å². The van der Waals surface area contributed by atoms with E-state index in [9.17, 15) is 4.79 Å². The number of nitrogens with one attached hydrogen (secondary N) is 1. The molecule has 1 unspecified atom stereocenters. The molecule has 1 aromatic carbocycles. The Labute approximate surface area is 131 Å². The van der Waals surface area contributed by atoms with E-state index in [0.717, 1.165) is 30.8 Å². The molecular formula is C17H24N4O. The molecule has 1 heterocycles. The van der Waals surface area contributed by atoms with Crippen LogP contribution in [0, 0.1) is 6.92 Å². The maximum Gasteiger partial charge on any atom is 0.237 e. The highest BCUT2D eigenvalue weighted by molar-refractivity contribution is 5.81. The van der Waals surface area contributed by atoms with Gasteiger partial charge in [0.25, 0.3) is 0 Å². The fourth-order valence-electron chi connectivity index (χ4n) is 2.35. The molecule has 1 atom stereocenters. The highest BCUT2D eigenvalue weighted by Gasteiger charge is 2.13. The fourth-order valence-corrected chi connectivity index (χ4v) is 2.35. The van der Waals surface area contributed by atoms with E-state index in [2.05, 4.69) is 14.9 Å². The summed E-state index contributed by atoms with van der Waals surface area (Å²) in [5, 5.41) is 2.91. The number of nitrogens with two attached hydrogens (primary N) is 1. The van der Waals surface area contributed by atoms with Crippen LogP contribution < -0.4 is 11.1 Å². The summed E-state index contributed by atoms with van der Waals surface area (Å²) in [5.74, 6) is 0.941. The Bertz CT molecular complexity index is 579. The monoisotopic (exact) mass is 300 g/mol. The van der Waals surface area contributed by atoms with Gasteiger partial charge in [0.1, 0.15) is 5.82 Å². The first kappa shape index (κ1) is 16.2. The summed E-state index contributed by atoms with van der Waals surface area (Å²) in [4.78, 5) is 16.1. The summed E-state index contributed by atoms with van der Waals surface area (Å²) in [6, 6.07) is 9.35. The van der Waals surface area contributed by atoms with E-state index in [4.69, 9.17) is 5.73 Å². The number of carbonyl (C=O) groups is 1. The van der Waals surface area contributed by atoms with Gasteiger partial charge in [0, 0.05) is 25.5 Å². The van der Waals surface area contributed by atoms with Crippen LogP contribution >= 0.6 is 0 Å². The van der Waals surface area contributed by atoms with Crippen molar-refractivity contribution < 1.29 is 4.79 Å². The molecule has 2 aromatic rings. The van der Waals surface area contributed by atoms with Crippen molar-refractivity contribution in [1.82, 2.24) is 14.9 Å². The third-order valence-corrected chi connectivity index (χ3v) is 3.68. The molecule has 0 bridgehead atoms. The number of aryl methyl sites for hydroxylation is 2. The molecule has 0 fully saturated rings. The minimum atomic E-state index is -0.488. The number of hydrogen-bond acceptors (Lipinski definition) is 3. The Morgan fingerprint density at radius 2 is 2.09 bits per heavy atom. The number of benzene rings is 1. The van der Waals surface area contributed by atoms with Crippen molar-refractivity contribution in [2.45, 2.75) is 38.8 Å². The summed E-state index contributed by atoms with van der Waals surface area (Å²) < 4.78 is 2.11. The minimum absolute atomic E-state index is 0.0809. The maximum atomic E-state index is 11.9. The van der Waals surface area contributed by atoms with Crippen LogP contribution in [0.4, 0.5) is 0 Å². The van der Waals surface area contributed by atoms with Gasteiger partial charge in [0.05, 0.1) is 6.04 Å². The third kappa shape index (κ3) is 5.00. The molecule has 3 N–H and O–H groups in total. The number of unbranched alkanes of at least 4 members (excludes halogenated alkanes) is 1. The van der Waals surface area contributed by atoms with Gasteiger partial charge in [-0.05, 0) is 31.7 Å². The van der Waals surface area contributed by atoms with E-state index in [-0.39, 0.29) is 5.91 Å². The van der Waals surface area contributed by atoms with Gasteiger partial charge in [-0.15, -0.1) is 0 Å². The molecule has 0 aliphatic carbocycles. The first-order valence-corrected chi connectivity index (χ1v) is 7.72. The number of imidazole rings is 1. The van der Waals surface area contributed by atoms with E-state index >= 15 is 0 Å². The van der Waals surface area contributed by atoms with E-state index in [1.54, 1.807) is 6.20 Å². The normalized spacial score (nSPS) is 12.1. The maximum absolute atomic E-state index is 11.9. The van der Waals surface area contributed by atoms with Crippen LogP contribution in [-0.4, -0.2) is 28.0 Å². The van der Waals surface area contributed by atoms with Crippen LogP contribution in [0.25, 0.3) is 0 Å². The zero-order valence-electron chi connectivity index (χ0n) is 13.0. The lowest BCUT2D eigenvalue weighted by Crippen LogP contribution is -2.42. The van der Waals surface area contributed by atoms with Gasteiger partial charge < -0.3 is 15.6 Å². The highest BCUT2D eigenvalue weighted by atomic mass is 16.2. The molecule has 22 heavy (non-hydrogen) atoms. The molecule has 5 nitrogen and oxygen atoms in total. The standard InChI is InChI=1S/C17H24N4O/c1-14-19-10-12-21(14)11-6-5-9-20-17(22)16(18)13-15-7-3-2-4-8-15/h2-4,7-8,10,12,16H,5-6,9,11,13,18H2,1H3,(H,20,22). The van der Waals surface area contributed by atoms with Gasteiger partial charge in [-0.3, -0.25) is 4.79 Å². The number of hydrogen-bond donors (Lipinski definition) is 2. The molecule has 0 aliphatic rings. The van der Waals surface area contributed by atoms with Crippen LogP contribution in [-0.2, 0) is 17.8 Å². The largest absolute Gasteiger partial charge is 0.355 e. The van der Waals surface area contributed by atoms with Crippen molar-refractivity contribution in [3.05, 3.63) is 54.1 Å². The second kappa shape index (κ2) is 8.34. The van der Waals surface area contributed by atoms with Gasteiger partial charge >= 0.3 is 0 Å². The van der Waals surface area contributed by atoms with Crippen molar-refractivity contribution in [3.63, 3.8) is 0 Å². The lowest BCUT2D eigenvalue weighted by molar-refractivity contribution is -0.122. The summed E-state index contributed by atoms with van der Waals surface area (Å²) in [5.41, 5.74) is 7.02. The van der Waals surface area contributed by atoms with Crippen molar-refractivity contribution >= 4 is 5.91 Å². The lowest BCUT2D eigenvalue weighted by Gasteiger charge is -2.12. The Morgan fingerprint density at radius 3 is 2.77 bits per heavy atom. The molecule has 118 valence electrons. The smallest absolute Gasteiger partial charge is 0.237 e. The Hall–Kier alpha value is -2.14. The number of amides is 1. The van der Waals surface area contributed by atoms with E-state index in [1.807, 2.05) is 43.5 Å². The second-order valence-corrected chi connectivity index (χ2v) is 5.46. The average Bonchev–Trinajstić information content (AvgIpc) is 2.93. The predicted molar refractivity (Wildman–Crippen MR) is 87.3 cm³/mol. The molecule has 0 aliphatic heterocycles. The quantitative estimate of drug-likeness (QED) is 0.728. The first-order valence-electron chi connectivity index (χ1n) is 7.72. The van der Waals surface area contributed by atoms with Crippen molar-refractivity contribution in [2.75, 3.05) is 6.54 Å².